The number of hydrogen-bond donors (Lipinski definition) is 1. The molecule has 0 heterocycles. The molecule has 8 nitrogen and oxygen atoms in total. The molecule has 0 saturated carbocycles. The lowest BCUT2D eigenvalue weighted by Crippen LogP contribution is -2.45. The van der Waals surface area contributed by atoms with Gasteiger partial charge in [0.2, 0.25) is 5.91 Å². The largest absolute Gasteiger partial charge is 0.497 e. The van der Waals surface area contributed by atoms with Crippen molar-refractivity contribution in [1.29, 1.82) is 0 Å². The summed E-state index contributed by atoms with van der Waals surface area (Å²) in [6.07, 6.45) is 0. The molecule has 1 amide bonds. The number of aliphatic imine (C=N–C) groups is 1. The molecule has 0 aliphatic carbocycles. The second-order valence-electron chi connectivity index (χ2n) is 7.08. The summed E-state index contributed by atoms with van der Waals surface area (Å²) in [5.41, 5.74) is 1.04. The summed E-state index contributed by atoms with van der Waals surface area (Å²) >= 11 is 0. The fraction of sp³-hybridized carbons (Fsp3) is 0.391. The first kappa shape index (κ1) is 23.9. The van der Waals surface area contributed by atoms with Gasteiger partial charge < -0.3 is 29.3 Å². The minimum atomic E-state index is -0.0277. The predicted molar refractivity (Wildman–Crippen MR) is 122 cm³/mol. The third kappa shape index (κ3) is 8.08. The van der Waals surface area contributed by atoms with E-state index >= 15 is 0 Å². The van der Waals surface area contributed by atoms with Crippen LogP contribution >= 0.6 is 0 Å². The molecule has 168 valence electrons. The van der Waals surface area contributed by atoms with Gasteiger partial charge in [-0.1, -0.05) is 12.1 Å². The Morgan fingerprint density at radius 1 is 0.903 bits per heavy atom. The summed E-state index contributed by atoms with van der Waals surface area (Å²) in [7, 11) is 8.64. The Labute approximate surface area is 184 Å². The van der Waals surface area contributed by atoms with Crippen molar-refractivity contribution in [3.8, 4) is 17.2 Å². The van der Waals surface area contributed by atoms with Crippen LogP contribution in [0.15, 0.2) is 53.5 Å². The molecule has 2 aromatic carbocycles. The number of guanidine groups is 1. The van der Waals surface area contributed by atoms with Gasteiger partial charge in [-0.2, -0.15) is 0 Å². The number of carbonyl (C=O) groups excluding carboxylic acids is 1. The van der Waals surface area contributed by atoms with E-state index in [9.17, 15) is 4.79 Å². The molecule has 2 aromatic rings. The highest BCUT2D eigenvalue weighted by Crippen LogP contribution is 2.17. The summed E-state index contributed by atoms with van der Waals surface area (Å²) < 4.78 is 16.2. The molecular formula is C23H32N4O4. The van der Waals surface area contributed by atoms with Crippen LogP contribution in [0.1, 0.15) is 5.56 Å². The van der Waals surface area contributed by atoms with Gasteiger partial charge >= 0.3 is 0 Å². The number of carbonyl (C=O) groups is 1. The predicted octanol–water partition coefficient (Wildman–Crippen LogP) is 2.25. The number of ether oxygens (including phenoxy) is 3. The molecule has 0 aromatic heterocycles. The van der Waals surface area contributed by atoms with Crippen LogP contribution in [0.25, 0.3) is 0 Å². The van der Waals surface area contributed by atoms with Gasteiger partial charge in [-0.15, -0.1) is 0 Å². The summed E-state index contributed by atoms with van der Waals surface area (Å²) in [5, 5.41) is 3.15. The van der Waals surface area contributed by atoms with Crippen LogP contribution < -0.4 is 19.5 Å². The van der Waals surface area contributed by atoms with E-state index in [2.05, 4.69) is 10.3 Å². The van der Waals surface area contributed by atoms with Crippen molar-refractivity contribution in [1.82, 2.24) is 15.1 Å². The Morgan fingerprint density at radius 3 is 2.00 bits per heavy atom. The number of amides is 1. The van der Waals surface area contributed by atoms with Crippen molar-refractivity contribution >= 4 is 11.9 Å². The second-order valence-corrected chi connectivity index (χ2v) is 7.08. The first-order valence-electron chi connectivity index (χ1n) is 10.0. The van der Waals surface area contributed by atoms with Gasteiger partial charge in [0, 0.05) is 21.1 Å². The number of nitrogens with one attached hydrogen (secondary N) is 1. The number of rotatable bonds is 10. The van der Waals surface area contributed by atoms with Crippen molar-refractivity contribution in [3.63, 3.8) is 0 Å². The normalized spacial score (nSPS) is 10.9. The van der Waals surface area contributed by atoms with Crippen molar-refractivity contribution in [2.45, 2.75) is 6.54 Å². The molecule has 1 N–H and O–H groups in total. The topological polar surface area (TPSA) is 75.6 Å². The third-order valence-corrected chi connectivity index (χ3v) is 4.58. The molecule has 0 bridgehead atoms. The van der Waals surface area contributed by atoms with E-state index in [-0.39, 0.29) is 12.5 Å². The first-order chi connectivity index (χ1) is 14.9. The lowest BCUT2D eigenvalue weighted by Gasteiger charge is -2.23. The maximum absolute atomic E-state index is 12.0. The van der Waals surface area contributed by atoms with Crippen molar-refractivity contribution in [2.75, 3.05) is 55.1 Å². The van der Waals surface area contributed by atoms with E-state index in [1.54, 1.807) is 33.2 Å². The Balaban J connectivity index is 1.97. The van der Waals surface area contributed by atoms with Gasteiger partial charge in [-0.05, 0) is 42.0 Å². The van der Waals surface area contributed by atoms with Crippen LogP contribution in [0.2, 0.25) is 0 Å². The van der Waals surface area contributed by atoms with E-state index in [1.807, 2.05) is 60.5 Å². The van der Waals surface area contributed by atoms with Crippen molar-refractivity contribution < 1.29 is 19.0 Å². The molecule has 0 unspecified atom stereocenters. The van der Waals surface area contributed by atoms with E-state index in [0.29, 0.717) is 25.7 Å². The molecule has 2 rings (SSSR count). The standard InChI is InChI=1S/C23H32N4O4/c1-26(2)22(28)17-25-23(24-16-18-6-8-19(29-4)9-7-18)27(3)14-15-31-21-12-10-20(30-5)11-13-21/h6-13H,14-17H2,1-5H3,(H,24,25). The lowest BCUT2D eigenvalue weighted by atomic mass is 10.2. The highest BCUT2D eigenvalue weighted by molar-refractivity contribution is 5.86. The quantitative estimate of drug-likeness (QED) is 0.462. The van der Waals surface area contributed by atoms with Gasteiger partial charge in [0.15, 0.2) is 5.96 Å². The SMILES string of the molecule is COc1ccc(CN=C(NCC(=O)N(C)C)N(C)CCOc2ccc(OC)cc2)cc1. The highest BCUT2D eigenvalue weighted by atomic mass is 16.5. The minimum absolute atomic E-state index is 0.0277. The zero-order valence-electron chi connectivity index (χ0n) is 18.9. The Morgan fingerprint density at radius 2 is 1.45 bits per heavy atom. The second kappa shape index (κ2) is 12.3. The molecule has 8 heteroatoms. The molecule has 31 heavy (non-hydrogen) atoms. The average Bonchev–Trinajstić information content (AvgIpc) is 2.79. The lowest BCUT2D eigenvalue weighted by molar-refractivity contribution is -0.127. The monoisotopic (exact) mass is 428 g/mol. The van der Waals surface area contributed by atoms with Crippen molar-refractivity contribution in [3.05, 3.63) is 54.1 Å². The fourth-order valence-electron chi connectivity index (χ4n) is 2.60. The van der Waals surface area contributed by atoms with Crippen LogP contribution in [0, 0.1) is 0 Å². The number of hydrogen-bond acceptors (Lipinski definition) is 5. The van der Waals surface area contributed by atoms with E-state index in [4.69, 9.17) is 14.2 Å². The first-order valence-corrected chi connectivity index (χ1v) is 10.0. The van der Waals surface area contributed by atoms with Gasteiger partial charge in [-0.3, -0.25) is 4.79 Å². The molecule has 0 spiro atoms. The highest BCUT2D eigenvalue weighted by Gasteiger charge is 2.10. The Bertz CT molecular complexity index is 836. The number of benzene rings is 2. The van der Waals surface area contributed by atoms with Crippen LogP contribution in [0.3, 0.4) is 0 Å². The van der Waals surface area contributed by atoms with Crippen LogP contribution in [-0.4, -0.2) is 76.7 Å². The average molecular weight is 429 g/mol. The summed E-state index contributed by atoms with van der Waals surface area (Å²) in [6, 6.07) is 15.2. The smallest absolute Gasteiger partial charge is 0.241 e. The van der Waals surface area contributed by atoms with Gasteiger partial charge in [0.05, 0.1) is 33.9 Å². The summed E-state index contributed by atoms with van der Waals surface area (Å²) in [4.78, 5) is 20.2. The third-order valence-electron chi connectivity index (χ3n) is 4.58. The van der Waals surface area contributed by atoms with E-state index < -0.39 is 0 Å². The van der Waals surface area contributed by atoms with E-state index in [0.717, 1.165) is 22.8 Å². The molecule has 0 atom stereocenters. The molecule has 0 fully saturated rings. The number of nitrogens with zero attached hydrogens (tertiary/aromatic N) is 3. The van der Waals surface area contributed by atoms with E-state index in [1.165, 1.54) is 0 Å². The molecule has 0 saturated heterocycles. The van der Waals surface area contributed by atoms with Gasteiger partial charge in [0.25, 0.3) is 0 Å². The van der Waals surface area contributed by atoms with Gasteiger partial charge in [0.1, 0.15) is 23.9 Å². The molecule has 0 radical (unpaired) electrons. The molecule has 0 aliphatic rings. The van der Waals surface area contributed by atoms with Crippen LogP contribution in [0.4, 0.5) is 0 Å². The molecular weight excluding hydrogens is 396 g/mol. The minimum Gasteiger partial charge on any atom is -0.497 e. The van der Waals surface area contributed by atoms with Crippen LogP contribution in [-0.2, 0) is 11.3 Å². The maximum atomic E-state index is 12.0. The zero-order chi connectivity index (χ0) is 22.6. The van der Waals surface area contributed by atoms with Crippen molar-refractivity contribution in [2.24, 2.45) is 4.99 Å². The molecule has 0 aliphatic heterocycles. The number of likely N-dealkylation sites (N-methyl/N-ethyl adjacent to an activating group) is 2. The zero-order valence-corrected chi connectivity index (χ0v) is 18.9. The summed E-state index contributed by atoms with van der Waals surface area (Å²) in [5.74, 6) is 2.95. The Hall–Kier alpha value is -3.42. The summed E-state index contributed by atoms with van der Waals surface area (Å²) in [6.45, 7) is 1.70. The Kier molecular flexibility index (Phi) is 9.48. The van der Waals surface area contributed by atoms with Gasteiger partial charge in [-0.25, -0.2) is 4.99 Å². The van der Waals surface area contributed by atoms with Crippen LogP contribution in [0.5, 0.6) is 17.2 Å². The fourth-order valence-corrected chi connectivity index (χ4v) is 2.60. The number of methoxy groups -OCH3 is 2. The maximum Gasteiger partial charge on any atom is 0.241 e.